The van der Waals surface area contributed by atoms with Crippen LogP contribution in [0.25, 0.3) is 0 Å². The molecule has 0 radical (unpaired) electrons. The Labute approximate surface area is 579 Å². The fraction of sp³-hybridized carbons (Fsp3) is 1.00. The van der Waals surface area contributed by atoms with Gasteiger partial charge in [-0.3, -0.25) is 0 Å². The highest BCUT2D eigenvalue weighted by Crippen LogP contribution is 2.43. The van der Waals surface area contributed by atoms with Crippen molar-refractivity contribution in [1.82, 2.24) is 0 Å². The number of rotatable bonds is 29. The second-order valence-corrected chi connectivity index (χ2v) is 24.5. The molecule has 36 nitrogen and oxygen atoms in total. The van der Waals surface area contributed by atoms with E-state index in [1.165, 1.54) is 149 Å². The van der Waals surface area contributed by atoms with Crippen molar-refractivity contribution in [2.45, 2.75) is 215 Å². The molecule has 21 aliphatic rings. The van der Waals surface area contributed by atoms with Crippen LogP contribution in [0.5, 0.6) is 0 Å². The largest absolute Gasteiger partial charge is 0.382 e. The first-order chi connectivity index (χ1) is 48.2. The van der Waals surface area contributed by atoms with Gasteiger partial charge in [0, 0.05) is 142 Å². The molecular formula is C63H112O36. The Kier molecular flexibility index (Phi) is 34.5. The molecule has 580 valence electrons. The van der Waals surface area contributed by atoms with Crippen molar-refractivity contribution in [3.05, 3.63) is 0 Å². The van der Waals surface area contributed by atoms with E-state index in [4.69, 9.17) is 171 Å². The normalized spacial score (nSPS) is 45.7. The van der Waals surface area contributed by atoms with Crippen LogP contribution < -0.4 is 0 Å². The van der Waals surface area contributed by atoms with Gasteiger partial charge in [-0.05, 0) is 0 Å². The lowest BCUT2D eigenvalue weighted by Gasteiger charge is -2.52. The maximum Gasteiger partial charge on any atom is 0.190 e. The van der Waals surface area contributed by atoms with Crippen LogP contribution >= 0.6 is 0 Å². The summed E-state index contributed by atoms with van der Waals surface area (Å²) in [6, 6.07) is 0. The van der Waals surface area contributed by atoms with E-state index in [1.807, 2.05) is 0 Å². The molecule has 21 rings (SSSR count). The Hall–Kier alpha value is -1.44. The molecule has 21 heterocycles. The fourth-order valence-electron chi connectivity index (χ4n) is 14.8. The Morgan fingerprint density at radius 1 is 0.162 bits per heavy atom. The van der Waals surface area contributed by atoms with Crippen molar-refractivity contribution in [2.75, 3.05) is 196 Å². The molecule has 0 aromatic carbocycles. The summed E-state index contributed by atoms with van der Waals surface area (Å²) in [5, 5.41) is 0. The summed E-state index contributed by atoms with van der Waals surface area (Å²) < 4.78 is 220. The molecule has 21 saturated heterocycles. The molecule has 21 aliphatic heterocycles. The van der Waals surface area contributed by atoms with Crippen LogP contribution in [0.3, 0.4) is 0 Å². The SMILES string of the molecule is COCC1OC2OC3C(COC)OC(OC4C(COC)OC(OC5C(COC)OC(OC6C(COC)OC(OC7C(COC)OC(OC8C(COC)OC(OC1C(OC)C2OC)C(OC)C8OC)C(OC)C7OC)C(OOC)C6OC)C(OC)C5OC)C(OC)C4OC)C(OC)C3OC. The number of ether oxygens (including phenoxy) is 34. The van der Waals surface area contributed by atoms with E-state index in [1.54, 1.807) is 0 Å². The molecule has 35 unspecified atom stereocenters. The zero-order chi connectivity index (χ0) is 71.6. The Bertz CT molecular complexity index is 2220. The number of hydrogen-bond donors (Lipinski definition) is 0. The predicted molar refractivity (Wildman–Crippen MR) is 330 cm³/mol. The number of hydrogen-bond acceptors (Lipinski definition) is 36. The summed E-state index contributed by atoms with van der Waals surface area (Å²) in [7, 11) is 31.3. The minimum atomic E-state index is -1.34. The molecule has 14 bridgehead atoms. The van der Waals surface area contributed by atoms with Crippen LogP contribution in [0.4, 0.5) is 0 Å². The first-order valence-electron chi connectivity index (χ1n) is 32.9. The second-order valence-electron chi connectivity index (χ2n) is 24.5. The topological polar surface area (TPSA) is 332 Å². The van der Waals surface area contributed by atoms with Gasteiger partial charge in [-0.1, -0.05) is 0 Å². The highest BCUT2D eigenvalue weighted by molar-refractivity contribution is 5.04. The van der Waals surface area contributed by atoms with E-state index in [0.717, 1.165) is 0 Å². The summed E-state index contributed by atoms with van der Waals surface area (Å²) in [4.78, 5) is 11.5. The summed E-state index contributed by atoms with van der Waals surface area (Å²) in [6.45, 7) is -0.385. The molecule has 0 aromatic heterocycles. The van der Waals surface area contributed by atoms with Crippen molar-refractivity contribution in [2.24, 2.45) is 0 Å². The molecule has 0 aliphatic carbocycles. The van der Waals surface area contributed by atoms with E-state index >= 15 is 0 Å². The van der Waals surface area contributed by atoms with E-state index < -0.39 is 215 Å². The lowest BCUT2D eigenvalue weighted by Crippen LogP contribution is -2.69. The van der Waals surface area contributed by atoms with Gasteiger partial charge in [-0.15, -0.1) is 0 Å². The first-order valence-corrected chi connectivity index (χ1v) is 32.9. The van der Waals surface area contributed by atoms with Gasteiger partial charge in [-0.2, -0.15) is 0 Å². The molecule has 0 aromatic rings. The van der Waals surface area contributed by atoms with Gasteiger partial charge in [0.1, 0.15) is 165 Å². The van der Waals surface area contributed by atoms with Crippen molar-refractivity contribution in [3.8, 4) is 0 Å². The number of methoxy groups -OCH3 is 20. The summed E-state index contributed by atoms with van der Waals surface area (Å²) in [5.41, 5.74) is 0. The lowest BCUT2D eigenvalue weighted by atomic mass is 9.94. The fourth-order valence-corrected chi connectivity index (χ4v) is 14.8. The molecule has 0 N–H and O–H groups in total. The lowest BCUT2D eigenvalue weighted by molar-refractivity contribution is -0.432. The van der Waals surface area contributed by atoms with Crippen molar-refractivity contribution in [1.29, 1.82) is 0 Å². The van der Waals surface area contributed by atoms with Gasteiger partial charge in [0.15, 0.2) is 50.1 Å². The van der Waals surface area contributed by atoms with E-state index in [0.29, 0.717) is 0 Å². The van der Waals surface area contributed by atoms with Gasteiger partial charge in [0.25, 0.3) is 0 Å². The highest BCUT2D eigenvalue weighted by Gasteiger charge is 2.62. The quantitative estimate of drug-likeness (QED) is 0.0604. The molecule has 0 amide bonds. The van der Waals surface area contributed by atoms with Crippen LogP contribution in [0.15, 0.2) is 0 Å². The monoisotopic (exact) mass is 1440 g/mol. The van der Waals surface area contributed by atoms with Crippen LogP contribution in [0.2, 0.25) is 0 Å². The summed E-state index contributed by atoms with van der Waals surface area (Å²) >= 11 is 0. The smallest absolute Gasteiger partial charge is 0.190 e. The molecule has 21 fully saturated rings. The molecule has 99 heavy (non-hydrogen) atoms. The van der Waals surface area contributed by atoms with Crippen molar-refractivity contribution >= 4 is 0 Å². The molecule has 0 spiro atoms. The first kappa shape index (κ1) is 83.2. The molecule has 0 saturated carbocycles. The molecule has 35 atom stereocenters. The third-order valence-electron chi connectivity index (χ3n) is 19.2. The third kappa shape index (κ3) is 18.4. The van der Waals surface area contributed by atoms with Crippen molar-refractivity contribution in [3.63, 3.8) is 0 Å². The Morgan fingerprint density at radius 2 is 0.293 bits per heavy atom. The third-order valence-corrected chi connectivity index (χ3v) is 19.2. The van der Waals surface area contributed by atoms with E-state index in [-0.39, 0.29) is 46.2 Å². The minimum absolute atomic E-state index is 0.0430. The molecule has 36 heteroatoms. The average molecular weight is 1450 g/mol. The van der Waals surface area contributed by atoms with Gasteiger partial charge in [0.05, 0.1) is 53.4 Å². The predicted octanol–water partition coefficient (Wildman–Crippen LogP) is -1.56. The summed E-state index contributed by atoms with van der Waals surface area (Å²) in [5.74, 6) is 0. The van der Waals surface area contributed by atoms with Crippen LogP contribution in [0, 0.1) is 0 Å². The van der Waals surface area contributed by atoms with Gasteiger partial charge in [-0.25, -0.2) is 9.78 Å². The van der Waals surface area contributed by atoms with Crippen LogP contribution in [0.1, 0.15) is 0 Å². The Balaban J connectivity index is 1.24. The maximum atomic E-state index is 7.03. The van der Waals surface area contributed by atoms with Crippen molar-refractivity contribution < 1.29 is 171 Å². The maximum absolute atomic E-state index is 7.03. The minimum Gasteiger partial charge on any atom is -0.382 e. The van der Waals surface area contributed by atoms with Gasteiger partial charge >= 0.3 is 0 Å². The van der Waals surface area contributed by atoms with E-state index in [2.05, 4.69) is 0 Å². The van der Waals surface area contributed by atoms with Crippen LogP contribution in [-0.2, 0) is 171 Å². The van der Waals surface area contributed by atoms with Gasteiger partial charge < -0.3 is 161 Å². The average Bonchev–Trinajstić information content (AvgIpc) is 0.777. The second kappa shape index (κ2) is 41.1. The zero-order valence-corrected chi connectivity index (χ0v) is 60.9. The molecular weight excluding hydrogens is 1330 g/mol. The Morgan fingerprint density at radius 3 is 0.414 bits per heavy atom. The van der Waals surface area contributed by atoms with Crippen LogP contribution in [-0.4, -0.2) is 410 Å². The summed E-state index contributed by atoms with van der Waals surface area (Å²) in [6.07, 6.45) is -37.0. The zero-order valence-electron chi connectivity index (χ0n) is 60.9. The van der Waals surface area contributed by atoms with Gasteiger partial charge in [0.2, 0.25) is 0 Å². The highest BCUT2D eigenvalue weighted by atomic mass is 17.2. The standard InChI is InChI=1S/C63H112O36/c1-64-22-29-36-43(71-8)50(78-15)58(85-29)93-38-31(24-66-3)87-60(52(80-17)45(38)73-10)95-40-33(26-68-5)89-62(54(82-19)47(40)75-12)97-42-35(28-70-7)91-63(56(99-84-21)49(42)77-14)98-41-34(27-69-6)90-61(55(83-20)48(41)76-13)96-39-32(25-67-4)88-59(53(81-18)46(39)74-11)94-37-30(23-65-2)86-57(92-36)51(79-16)44(37)72-9/h29-63H,22-28H2,1-21H3. The van der Waals surface area contributed by atoms with E-state index in [9.17, 15) is 0 Å².